The van der Waals surface area contributed by atoms with Gasteiger partial charge in [0.1, 0.15) is 5.82 Å². The normalized spacial score (nSPS) is 18.6. The zero-order valence-corrected chi connectivity index (χ0v) is 9.36. The third kappa shape index (κ3) is 1.88. The van der Waals surface area contributed by atoms with Crippen LogP contribution < -0.4 is 5.73 Å². The highest BCUT2D eigenvalue weighted by Gasteiger charge is 2.37. The molecule has 1 nitrogen and oxygen atoms in total. The number of hydrogen-bond donors (Lipinski definition) is 1. The summed E-state index contributed by atoms with van der Waals surface area (Å²) in [4.78, 5) is 0. The highest BCUT2D eigenvalue weighted by atomic mass is 35.5. The second kappa shape index (κ2) is 4.11. The van der Waals surface area contributed by atoms with Crippen molar-refractivity contribution >= 4 is 11.6 Å². The maximum atomic E-state index is 13.0. The molecule has 0 amide bonds. The van der Waals surface area contributed by atoms with Gasteiger partial charge in [-0.2, -0.15) is 0 Å². The minimum absolute atomic E-state index is 0.173. The molecule has 1 aromatic carbocycles. The van der Waals surface area contributed by atoms with Crippen molar-refractivity contribution in [2.75, 3.05) is 6.54 Å². The number of hydrogen-bond acceptors (Lipinski definition) is 1. The Kier molecular flexibility index (Phi) is 2.98. The fourth-order valence-corrected chi connectivity index (χ4v) is 2.57. The van der Waals surface area contributed by atoms with Crippen LogP contribution in [0.1, 0.15) is 31.2 Å². The van der Waals surface area contributed by atoms with E-state index in [9.17, 15) is 4.39 Å². The van der Waals surface area contributed by atoms with Crippen molar-refractivity contribution in [3.05, 3.63) is 34.6 Å². The summed E-state index contributed by atoms with van der Waals surface area (Å²) in [5.41, 5.74) is 6.94. The Morgan fingerprint density at radius 2 is 2.13 bits per heavy atom. The van der Waals surface area contributed by atoms with Crippen LogP contribution in [0, 0.1) is 5.82 Å². The van der Waals surface area contributed by atoms with Crippen molar-refractivity contribution in [3.63, 3.8) is 0 Å². The van der Waals surface area contributed by atoms with E-state index in [1.807, 2.05) is 6.07 Å². The van der Waals surface area contributed by atoms with Crippen LogP contribution in [0.25, 0.3) is 0 Å². The van der Waals surface area contributed by atoms with Gasteiger partial charge in [-0.15, -0.1) is 0 Å². The Morgan fingerprint density at radius 1 is 1.40 bits per heavy atom. The van der Waals surface area contributed by atoms with Gasteiger partial charge < -0.3 is 5.73 Å². The molecule has 0 atom stereocenters. The summed E-state index contributed by atoms with van der Waals surface area (Å²) >= 11 is 5.79. The molecule has 1 aliphatic carbocycles. The number of nitrogens with two attached hydrogens (primary N) is 1. The molecule has 0 spiro atoms. The maximum Gasteiger partial charge on any atom is 0.141 e. The summed E-state index contributed by atoms with van der Waals surface area (Å²) in [6, 6.07) is 5.05. The molecule has 2 N–H and O–H groups in total. The summed E-state index contributed by atoms with van der Waals surface area (Å²) in [6.45, 7) is 0.676. The van der Waals surface area contributed by atoms with Crippen molar-refractivity contribution in [1.82, 2.24) is 0 Å². The van der Waals surface area contributed by atoms with Crippen molar-refractivity contribution in [2.45, 2.75) is 31.1 Å². The second-order valence-electron chi connectivity index (χ2n) is 4.30. The average Bonchev–Trinajstić information content (AvgIpc) is 2.16. The molecule has 15 heavy (non-hydrogen) atoms. The molecule has 0 heterocycles. The molecule has 0 unspecified atom stereocenters. The van der Waals surface area contributed by atoms with Crippen molar-refractivity contribution in [2.24, 2.45) is 5.73 Å². The van der Waals surface area contributed by atoms with Crippen LogP contribution in [0.15, 0.2) is 18.2 Å². The summed E-state index contributed by atoms with van der Waals surface area (Å²) in [5, 5.41) is 0.218. The van der Waals surface area contributed by atoms with Gasteiger partial charge in [0.15, 0.2) is 0 Å². The summed E-state index contributed by atoms with van der Waals surface area (Å²) < 4.78 is 13.0. The number of rotatable bonds is 3. The molecule has 1 aromatic rings. The molecule has 3 heteroatoms. The fourth-order valence-electron chi connectivity index (χ4n) is 2.39. The predicted octanol–water partition coefficient (Wildman–Crippen LogP) is 3.25. The SMILES string of the molecule is NCCC1(c2ccc(F)c(Cl)c2)CCC1. The molecule has 1 saturated carbocycles. The van der Waals surface area contributed by atoms with E-state index in [1.165, 1.54) is 12.5 Å². The van der Waals surface area contributed by atoms with Gasteiger partial charge in [-0.1, -0.05) is 24.1 Å². The van der Waals surface area contributed by atoms with Crippen molar-refractivity contribution < 1.29 is 4.39 Å². The minimum atomic E-state index is -0.345. The van der Waals surface area contributed by atoms with Gasteiger partial charge in [0.25, 0.3) is 0 Å². The van der Waals surface area contributed by atoms with Gasteiger partial charge in [0, 0.05) is 0 Å². The topological polar surface area (TPSA) is 26.0 Å². The summed E-state index contributed by atoms with van der Waals surface area (Å²) in [5.74, 6) is -0.345. The average molecular weight is 228 g/mol. The Bertz CT molecular complexity index is 361. The second-order valence-corrected chi connectivity index (χ2v) is 4.71. The van der Waals surface area contributed by atoms with Crippen LogP contribution in [-0.4, -0.2) is 6.54 Å². The Morgan fingerprint density at radius 3 is 2.60 bits per heavy atom. The van der Waals surface area contributed by atoms with E-state index < -0.39 is 0 Å². The molecule has 1 aliphatic rings. The predicted molar refractivity (Wildman–Crippen MR) is 60.6 cm³/mol. The van der Waals surface area contributed by atoms with Crippen LogP contribution in [-0.2, 0) is 5.41 Å². The molecule has 82 valence electrons. The third-order valence-corrected chi connectivity index (χ3v) is 3.76. The third-order valence-electron chi connectivity index (χ3n) is 3.47. The Hall–Kier alpha value is -0.600. The first-order valence-corrected chi connectivity index (χ1v) is 5.71. The van der Waals surface area contributed by atoms with Gasteiger partial charge in [0.2, 0.25) is 0 Å². The first-order valence-electron chi connectivity index (χ1n) is 5.33. The van der Waals surface area contributed by atoms with Crippen LogP contribution in [0.4, 0.5) is 4.39 Å². The van der Waals surface area contributed by atoms with Crippen molar-refractivity contribution in [1.29, 1.82) is 0 Å². The maximum absolute atomic E-state index is 13.0. The van der Waals surface area contributed by atoms with Crippen LogP contribution >= 0.6 is 11.6 Å². The van der Waals surface area contributed by atoms with E-state index in [4.69, 9.17) is 17.3 Å². The molecule has 2 rings (SSSR count). The van der Waals surface area contributed by atoms with Crippen LogP contribution in [0.5, 0.6) is 0 Å². The molecule has 0 radical (unpaired) electrons. The van der Waals surface area contributed by atoms with Gasteiger partial charge >= 0.3 is 0 Å². The largest absolute Gasteiger partial charge is 0.330 e. The highest BCUT2D eigenvalue weighted by Crippen LogP contribution is 2.46. The van der Waals surface area contributed by atoms with E-state index in [2.05, 4.69) is 0 Å². The highest BCUT2D eigenvalue weighted by molar-refractivity contribution is 6.30. The van der Waals surface area contributed by atoms with E-state index in [1.54, 1.807) is 6.07 Å². The minimum Gasteiger partial charge on any atom is -0.330 e. The van der Waals surface area contributed by atoms with E-state index in [0.717, 1.165) is 24.8 Å². The monoisotopic (exact) mass is 227 g/mol. The van der Waals surface area contributed by atoms with Gasteiger partial charge in [-0.05, 0) is 48.9 Å². The molecule has 1 fully saturated rings. The molecular weight excluding hydrogens is 213 g/mol. The molecule has 0 aromatic heterocycles. The lowest BCUT2D eigenvalue weighted by Gasteiger charge is -2.42. The Labute approximate surface area is 94.4 Å². The fraction of sp³-hybridized carbons (Fsp3) is 0.500. The number of halogens is 2. The van der Waals surface area contributed by atoms with Gasteiger partial charge in [-0.3, -0.25) is 0 Å². The summed E-state index contributed by atoms with van der Waals surface area (Å²) in [6.07, 6.45) is 4.49. The number of benzene rings is 1. The first-order chi connectivity index (χ1) is 7.18. The van der Waals surface area contributed by atoms with E-state index in [0.29, 0.717) is 6.54 Å². The lowest BCUT2D eigenvalue weighted by atomic mass is 9.62. The quantitative estimate of drug-likeness (QED) is 0.843. The lowest BCUT2D eigenvalue weighted by molar-refractivity contribution is 0.229. The van der Waals surface area contributed by atoms with Crippen LogP contribution in [0.2, 0.25) is 5.02 Å². The first kappa shape index (κ1) is 10.9. The smallest absolute Gasteiger partial charge is 0.141 e. The lowest BCUT2D eigenvalue weighted by Crippen LogP contribution is -2.36. The molecule has 0 aliphatic heterocycles. The molecular formula is C12H15ClFN. The Balaban J connectivity index is 2.30. The van der Waals surface area contributed by atoms with Crippen molar-refractivity contribution in [3.8, 4) is 0 Å². The zero-order chi connectivity index (χ0) is 10.9. The standard InChI is InChI=1S/C12H15ClFN/c13-10-8-9(2-3-11(10)14)12(6-7-15)4-1-5-12/h2-3,8H,1,4-7,15H2. The summed E-state index contributed by atoms with van der Waals surface area (Å²) in [7, 11) is 0. The molecule has 0 saturated heterocycles. The van der Waals surface area contributed by atoms with Crippen LogP contribution in [0.3, 0.4) is 0 Å². The van der Waals surface area contributed by atoms with Gasteiger partial charge in [0.05, 0.1) is 5.02 Å². The zero-order valence-electron chi connectivity index (χ0n) is 8.60. The van der Waals surface area contributed by atoms with E-state index in [-0.39, 0.29) is 16.3 Å². The van der Waals surface area contributed by atoms with E-state index >= 15 is 0 Å². The van der Waals surface area contributed by atoms with Gasteiger partial charge in [-0.25, -0.2) is 4.39 Å². The molecule has 0 bridgehead atoms.